The number of phenolic OH excluding ortho intramolecular Hbond substituents is 1. The molecule has 0 bridgehead atoms. The van der Waals surface area contributed by atoms with Crippen LogP contribution in [0, 0.1) is 0 Å². The summed E-state index contributed by atoms with van der Waals surface area (Å²) < 4.78 is 19.0. The summed E-state index contributed by atoms with van der Waals surface area (Å²) in [6.07, 6.45) is 0. The summed E-state index contributed by atoms with van der Waals surface area (Å²) in [4.78, 5) is 0. The van der Waals surface area contributed by atoms with Gasteiger partial charge in [-0.25, -0.2) is 0 Å². The van der Waals surface area contributed by atoms with Crippen LogP contribution in [0.5, 0.6) is 5.75 Å². The highest BCUT2D eigenvalue weighted by atomic mass is 31.2. The lowest BCUT2D eigenvalue weighted by molar-refractivity contribution is 0.313. The van der Waals surface area contributed by atoms with Crippen molar-refractivity contribution in [2.45, 2.75) is 6.61 Å². The third-order valence-electron chi connectivity index (χ3n) is 3.86. The first-order valence-electron chi connectivity index (χ1n) is 7.72. The molecule has 3 nitrogen and oxygen atoms in total. The minimum Gasteiger partial charge on any atom is -0.507 e. The fourth-order valence-electron chi connectivity index (χ4n) is 2.60. The molecule has 0 heterocycles. The smallest absolute Gasteiger partial charge is 0.230 e. The first-order valence-corrected chi connectivity index (χ1v) is 9.79. The van der Waals surface area contributed by atoms with E-state index in [1.54, 1.807) is 24.9 Å². The van der Waals surface area contributed by atoms with Crippen molar-refractivity contribution >= 4 is 12.7 Å². The van der Waals surface area contributed by atoms with Crippen LogP contribution in [0.3, 0.4) is 0 Å². The predicted molar refractivity (Wildman–Crippen MR) is 97.9 cm³/mol. The fraction of sp³-hybridized carbons (Fsp3) is 0.100. The molecule has 0 amide bonds. The van der Waals surface area contributed by atoms with Crippen LogP contribution in [0.2, 0.25) is 0 Å². The van der Waals surface area contributed by atoms with Crippen molar-refractivity contribution in [3.05, 3.63) is 84.4 Å². The van der Waals surface area contributed by atoms with Gasteiger partial charge in [0.2, 0.25) is 7.37 Å². The maximum atomic E-state index is 13.2. The second kappa shape index (κ2) is 7.04. The van der Waals surface area contributed by atoms with E-state index in [1.807, 2.05) is 60.7 Å². The summed E-state index contributed by atoms with van der Waals surface area (Å²) in [7, 11) is -3.04. The highest BCUT2D eigenvalue weighted by Gasteiger charge is 2.24. The Kier molecular flexibility index (Phi) is 4.84. The third-order valence-corrected chi connectivity index (χ3v) is 5.74. The van der Waals surface area contributed by atoms with Gasteiger partial charge in [-0.2, -0.15) is 0 Å². The van der Waals surface area contributed by atoms with Crippen LogP contribution < -0.4 is 5.30 Å². The van der Waals surface area contributed by atoms with E-state index in [0.29, 0.717) is 10.9 Å². The third kappa shape index (κ3) is 3.59. The number of hydrogen-bond donors (Lipinski definition) is 1. The van der Waals surface area contributed by atoms with Crippen LogP contribution >= 0.6 is 7.37 Å². The molecule has 1 atom stereocenters. The van der Waals surface area contributed by atoms with E-state index in [9.17, 15) is 9.67 Å². The Morgan fingerprint density at radius 2 is 1.42 bits per heavy atom. The van der Waals surface area contributed by atoms with Crippen molar-refractivity contribution in [3.8, 4) is 16.9 Å². The zero-order valence-corrected chi connectivity index (χ0v) is 14.3. The number of aromatic hydroxyl groups is 1. The molecule has 0 saturated heterocycles. The van der Waals surface area contributed by atoms with Gasteiger partial charge < -0.3 is 9.63 Å². The van der Waals surface area contributed by atoms with Gasteiger partial charge in [-0.3, -0.25) is 4.57 Å². The summed E-state index contributed by atoms with van der Waals surface area (Å²) in [5.74, 6) is 0.160. The van der Waals surface area contributed by atoms with Crippen molar-refractivity contribution < 1.29 is 14.2 Å². The number of phenols is 1. The molecule has 24 heavy (non-hydrogen) atoms. The number of para-hydroxylation sites is 1. The molecule has 3 aromatic rings. The summed E-state index contributed by atoms with van der Waals surface area (Å²) in [5.41, 5.74) is 2.35. The normalized spacial score (nSPS) is 13.4. The molecule has 3 rings (SSSR count). The Labute approximate surface area is 142 Å². The Balaban J connectivity index is 1.94. The molecule has 4 heteroatoms. The van der Waals surface area contributed by atoms with Crippen molar-refractivity contribution in [1.29, 1.82) is 0 Å². The number of hydrogen-bond acceptors (Lipinski definition) is 3. The molecular weight excluding hydrogens is 319 g/mol. The first-order chi connectivity index (χ1) is 11.6. The van der Waals surface area contributed by atoms with Gasteiger partial charge in [-0.15, -0.1) is 0 Å². The zero-order chi connectivity index (χ0) is 17.0. The molecule has 0 spiro atoms. The van der Waals surface area contributed by atoms with Crippen molar-refractivity contribution in [2.24, 2.45) is 0 Å². The highest BCUT2D eigenvalue weighted by molar-refractivity contribution is 7.66. The lowest BCUT2D eigenvalue weighted by atomic mass is 10.0. The van der Waals surface area contributed by atoms with Crippen LogP contribution in [-0.4, -0.2) is 11.8 Å². The molecule has 0 aromatic heterocycles. The summed E-state index contributed by atoms with van der Waals surface area (Å²) >= 11 is 0. The van der Waals surface area contributed by atoms with Crippen LogP contribution in [0.25, 0.3) is 11.1 Å². The second-order valence-corrected chi connectivity index (χ2v) is 8.07. The second-order valence-electron chi connectivity index (χ2n) is 5.64. The largest absolute Gasteiger partial charge is 0.507 e. The summed E-state index contributed by atoms with van der Waals surface area (Å²) in [6, 6.07) is 24.1. The van der Waals surface area contributed by atoms with E-state index in [2.05, 4.69) is 0 Å². The number of benzene rings is 3. The molecule has 0 fully saturated rings. The van der Waals surface area contributed by atoms with Gasteiger partial charge in [0.25, 0.3) is 0 Å². The van der Waals surface area contributed by atoms with E-state index in [4.69, 9.17) is 4.52 Å². The average Bonchev–Trinajstić information content (AvgIpc) is 2.61. The van der Waals surface area contributed by atoms with E-state index in [-0.39, 0.29) is 12.4 Å². The average molecular weight is 338 g/mol. The lowest BCUT2D eigenvalue weighted by Gasteiger charge is -2.18. The predicted octanol–water partition coefficient (Wildman–Crippen LogP) is 4.81. The standard InChI is InChI=1S/C20H19O3P/c1-24(22,23-15-16-9-3-2-4-10-16)20-14-8-6-12-18(20)17-11-5-7-13-19(17)21/h2-14,21H,15H2,1H3. The maximum absolute atomic E-state index is 13.2. The molecule has 0 aliphatic rings. The van der Waals surface area contributed by atoms with Crippen molar-refractivity contribution in [3.63, 3.8) is 0 Å². The Bertz CT molecular complexity index is 875. The number of rotatable bonds is 5. The highest BCUT2D eigenvalue weighted by Crippen LogP contribution is 2.46. The van der Waals surface area contributed by atoms with E-state index in [0.717, 1.165) is 11.1 Å². The first kappa shape index (κ1) is 16.5. The van der Waals surface area contributed by atoms with E-state index < -0.39 is 7.37 Å². The SMILES string of the molecule is CP(=O)(OCc1ccccc1)c1ccccc1-c1ccccc1O. The minimum absolute atomic E-state index is 0.160. The van der Waals surface area contributed by atoms with E-state index >= 15 is 0 Å². The van der Waals surface area contributed by atoms with Crippen molar-refractivity contribution in [1.82, 2.24) is 0 Å². The van der Waals surface area contributed by atoms with Gasteiger partial charge >= 0.3 is 0 Å². The van der Waals surface area contributed by atoms with Gasteiger partial charge in [-0.1, -0.05) is 66.7 Å². The Morgan fingerprint density at radius 1 is 0.833 bits per heavy atom. The van der Waals surface area contributed by atoms with Gasteiger partial charge in [0.1, 0.15) is 5.75 Å². The molecule has 1 N–H and O–H groups in total. The van der Waals surface area contributed by atoms with E-state index in [1.165, 1.54) is 0 Å². The molecule has 0 aliphatic carbocycles. The summed E-state index contributed by atoms with van der Waals surface area (Å²) in [5, 5.41) is 10.7. The van der Waals surface area contributed by atoms with Crippen LogP contribution in [0.15, 0.2) is 78.9 Å². The fourth-order valence-corrected chi connectivity index (χ4v) is 4.12. The Morgan fingerprint density at radius 3 is 2.12 bits per heavy atom. The minimum atomic E-state index is -3.04. The van der Waals surface area contributed by atoms with Crippen LogP contribution in [0.1, 0.15) is 5.56 Å². The molecule has 122 valence electrons. The molecule has 0 saturated carbocycles. The molecule has 3 aromatic carbocycles. The molecule has 0 aliphatic heterocycles. The Hall–Kier alpha value is -2.35. The van der Waals surface area contributed by atoms with Crippen LogP contribution in [-0.2, 0) is 15.7 Å². The lowest BCUT2D eigenvalue weighted by Crippen LogP contribution is -2.10. The molecular formula is C20H19O3P. The molecule has 1 unspecified atom stereocenters. The quantitative estimate of drug-likeness (QED) is 0.679. The van der Waals surface area contributed by atoms with Crippen LogP contribution in [0.4, 0.5) is 0 Å². The van der Waals surface area contributed by atoms with Gasteiger partial charge in [0.15, 0.2) is 0 Å². The van der Waals surface area contributed by atoms with Gasteiger partial charge in [0, 0.05) is 17.5 Å². The topological polar surface area (TPSA) is 46.5 Å². The monoisotopic (exact) mass is 338 g/mol. The zero-order valence-electron chi connectivity index (χ0n) is 13.4. The van der Waals surface area contributed by atoms with Gasteiger partial charge in [-0.05, 0) is 23.3 Å². The van der Waals surface area contributed by atoms with Crippen molar-refractivity contribution in [2.75, 3.05) is 6.66 Å². The summed E-state index contributed by atoms with van der Waals surface area (Å²) in [6.45, 7) is 1.90. The van der Waals surface area contributed by atoms with Gasteiger partial charge in [0.05, 0.1) is 6.61 Å². The maximum Gasteiger partial charge on any atom is 0.230 e. The molecule has 0 radical (unpaired) electrons.